The maximum absolute atomic E-state index is 10.2. The van der Waals surface area contributed by atoms with E-state index in [1.165, 1.54) is 0 Å². The van der Waals surface area contributed by atoms with Gasteiger partial charge in [0.05, 0.1) is 23.0 Å². The molecule has 0 aliphatic heterocycles. The van der Waals surface area contributed by atoms with E-state index in [2.05, 4.69) is 11.8 Å². The number of rotatable bonds is 10. The van der Waals surface area contributed by atoms with E-state index in [9.17, 15) is 5.11 Å². The number of aliphatic hydroxyl groups is 1. The Bertz CT molecular complexity index is 878. The van der Waals surface area contributed by atoms with E-state index in [0.717, 1.165) is 48.0 Å². The summed E-state index contributed by atoms with van der Waals surface area (Å²) < 4.78 is 8.21. The molecule has 0 bridgehead atoms. The lowest BCUT2D eigenvalue weighted by Crippen LogP contribution is -2.32. The molecule has 29 heavy (non-hydrogen) atoms. The van der Waals surface area contributed by atoms with Gasteiger partial charge in [0.2, 0.25) is 5.88 Å². The summed E-state index contributed by atoms with van der Waals surface area (Å²) in [4.78, 5) is 2.28. The summed E-state index contributed by atoms with van der Waals surface area (Å²) in [5, 5.41) is 15.0. The third-order valence-corrected chi connectivity index (χ3v) is 4.96. The SMILES string of the molecule is CCCN(Cc1c(C)nn(-c2ccccc2)c1Oc1ccccc1)C[C@H](O)CC. The van der Waals surface area contributed by atoms with Gasteiger partial charge in [-0.3, -0.25) is 4.90 Å². The molecule has 0 aliphatic carbocycles. The Kier molecular flexibility index (Phi) is 7.44. The second-order valence-corrected chi connectivity index (χ2v) is 7.33. The number of para-hydroxylation sites is 2. The Morgan fingerprint density at radius 3 is 2.31 bits per heavy atom. The van der Waals surface area contributed by atoms with E-state index in [4.69, 9.17) is 9.84 Å². The molecule has 5 nitrogen and oxygen atoms in total. The summed E-state index contributed by atoms with van der Waals surface area (Å²) >= 11 is 0. The smallest absolute Gasteiger partial charge is 0.227 e. The van der Waals surface area contributed by atoms with Gasteiger partial charge in [0, 0.05) is 13.1 Å². The normalized spacial score (nSPS) is 12.3. The van der Waals surface area contributed by atoms with E-state index in [1.54, 1.807) is 0 Å². The predicted molar refractivity (Wildman–Crippen MR) is 117 cm³/mol. The number of ether oxygens (including phenoxy) is 1. The van der Waals surface area contributed by atoms with Gasteiger partial charge < -0.3 is 9.84 Å². The summed E-state index contributed by atoms with van der Waals surface area (Å²) in [6, 6.07) is 19.8. The average Bonchev–Trinajstić information content (AvgIpc) is 3.05. The molecule has 0 aliphatic rings. The fourth-order valence-electron chi connectivity index (χ4n) is 3.37. The van der Waals surface area contributed by atoms with E-state index in [0.29, 0.717) is 13.1 Å². The van der Waals surface area contributed by atoms with Crippen molar-refractivity contribution in [2.45, 2.75) is 46.3 Å². The number of benzene rings is 2. The summed E-state index contributed by atoms with van der Waals surface area (Å²) in [5.41, 5.74) is 2.95. The first-order valence-corrected chi connectivity index (χ1v) is 10.4. The molecule has 0 fully saturated rings. The number of aryl methyl sites for hydroxylation is 1. The molecule has 0 saturated heterocycles. The molecule has 2 aromatic carbocycles. The average molecular weight is 394 g/mol. The van der Waals surface area contributed by atoms with Crippen molar-refractivity contribution >= 4 is 0 Å². The second kappa shape index (κ2) is 10.2. The van der Waals surface area contributed by atoms with Gasteiger partial charge in [-0.25, -0.2) is 4.68 Å². The molecule has 1 atom stereocenters. The molecule has 3 aromatic rings. The molecule has 0 unspecified atom stereocenters. The van der Waals surface area contributed by atoms with Crippen LogP contribution in [0.5, 0.6) is 11.6 Å². The largest absolute Gasteiger partial charge is 0.439 e. The molecule has 0 radical (unpaired) electrons. The van der Waals surface area contributed by atoms with Crippen molar-refractivity contribution in [3.05, 3.63) is 71.9 Å². The zero-order valence-corrected chi connectivity index (χ0v) is 17.6. The van der Waals surface area contributed by atoms with Crippen LogP contribution in [0, 0.1) is 6.92 Å². The van der Waals surface area contributed by atoms with Crippen molar-refractivity contribution < 1.29 is 9.84 Å². The van der Waals surface area contributed by atoms with Gasteiger partial charge in [0.1, 0.15) is 5.75 Å². The molecule has 1 aromatic heterocycles. The molecular formula is C24H31N3O2. The van der Waals surface area contributed by atoms with Crippen LogP contribution in [0.25, 0.3) is 5.69 Å². The number of aromatic nitrogens is 2. The Balaban J connectivity index is 1.99. The minimum atomic E-state index is -0.329. The highest BCUT2D eigenvalue weighted by Gasteiger charge is 2.22. The van der Waals surface area contributed by atoms with Gasteiger partial charge in [-0.15, -0.1) is 0 Å². The minimum absolute atomic E-state index is 0.329. The highest BCUT2D eigenvalue weighted by molar-refractivity contribution is 5.43. The monoisotopic (exact) mass is 393 g/mol. The zero-order valence-electron chi connectivity index (χ0n) is 17.6. The van der Waals surface area contributed by atoms with Crippen LogP contribution in [0.2, 0.25) is 0 Å². The van der Waals surface area contributed by atoms with Crippen LogP contribution in [0.4, 0.5) is 0 Å². The highest BCUT2D eigenvalue weighted by Crippen LogP contribution is 2.31. The number of nitrogens with zero attached hydrogens (tertiary/aromatic N) is 3. The molecule has 0 amide bonds. The third kappa shape index (κ3) is 5.46. The fraction of sp³-hybridized carbons (Fsp3) is 0.375. The summed E-state index contributed by atoms with van der Waals surface area (Å²) in [7, 11) is 0. The van der Waals surface area contributed by atoms with Gasteiger partial charge in [-0.05, 0) is 50.6 Å². The first-order valence-electron chi connectivity index (χ1n) is 10.4. The van der Waals surface area contributed by atoms with Crippen LogP contribution in [0.3, 0.4) is 0 Å². The van der Waals surface area contributed by atoms with Gasteiger partial charge >= 0.3 is 0 Å². The number of hydrogen-bond donors (Lipinski definition) is 1. The standard InChI is InChI=1S/C24H31N3O2/c1-4-16-26(17-21(28)5-2)18-23-19(3)25-27(20-12-8-6-9-13-20)24(23)29-22-14-10-7-11-15-22/h6-15,21,28H,4-5,16-18H2,1-3H3/t21-/m1/s1. The van der Waals surface area contributed by atoms with Gasteiger partial charge in [-0.1, -0.05) is 50.2 Å². The maximum atomic E-state index is 10.2. The Labute approximate surface area is 173 Å². The Hall–Kier alpha value is -2.63. The number of hydrogen-bond acceptors (Lipinski definition) is 4. The van der Waals surface area contributed by atoms with Crippen molar-refractivity contribution in [2.24, 2.45) is 0 Å². The van der Waals surface area contributed by atoms with Crippen molar-refractivity contribution in [1.29, 1.82) is 0 Å². The maximum Gasteiger partial charge on any atom is 0.227 e. The van der Waals surface area contributed by atoms with Crippen LogP contribution in [-0.2, 0) is 6.54 Å². The van der Waals surface area contributed by atoms with E-state index >= 15 is 0 Å². The van der Waals surface area contributed by atoms with Crippen LogP contribution >= 0.6 is 0 Å². The van der Waals surface area contributed by atoms with Crippen LogP contribution < -0.4 is 4.74 Å². The highest BCUT2D eigenvalue weighted by atomic mass is 16.5. The molecule has 0 saturated carbocycles. The molecule has 1 heterocycles. The molecule has 1 N–H and O–H groups in total. The lowest BCUT2D eigenvalue weighted by molar-refractivity contribution is 0.105. The van der Waals surface area contributed by atoms with Gasteiger partial charge in [0.25, 0.3) is 0 Å². The molecule has 3 rings (SSSR count). The predicted octanol–water partition coefficient (Wildman–Crippen LogP) is 4.96. The van der Waals surface area contributed by atoms with Crippen molar-refractivity contribution in [3.63, 3.8) is 0 Å². The molecular weight excluding hydrogens is 362 g/mol. The first kappa shape index (κ1) is 21.1. The van der Waals surface area contributed by atoms with Gasteiger partial charge in [-0.2, -0.15) is 5.10 Å². The minimum Gasteiger partial charge on any atom is -0.439 e. The fourth-order valence-corrected chi connectivity index (χ4v) is 3.37. The van der Waals surface area contributed by atoms with E-state index in [1.807, 2.05) is 79.2 Å². The van der Waals surface area contributed by atoms with E-state index in [-0.39, 0.29) is 6.10 Å². The number of aliphatic hydroxyl groups excluding tert-OH is 1. The first-order chi connectivity index (χ1) is 14.1. The van der Waals surface area contributed by atoms with Crippen LogP contribution in [-0.4, -0.2) is 39.0 Å². The van der Waals surface area contributed by atoms with Crippen molar-refractivity contribution in [2.75, 3.05) is 13.1 Å². The summed E-state index contributed by atoms with van der Waals surface area (Å²) in [5.74, 6) is 1.51. The Morgan fingerprint density at radius 2 is 1.69 bits per heavy atom. The quantitative estimate of drug-likeness (QED) is 0.529. The lowest BCUT2D eigenvalue weighted by atomic mass is 10.2. The third-order valence-electron chi connectivity index (χ3n) is 4.96. The lowest BCUT2D eigenvalue weighted by Gasteiger charge is -2.24. The topological polar surface area (TPSA) is 50.5 Å². The molecule has 154 valence electrons. The summed E-state index contributed by atoms with van der Waals surface area (Å²) in [6.07, 6.45) is 1.44. The summed E-state index contributed by atoms with van der Waals surface area (Å²) in [6.45, 7) is 8.44. The van der Waals surface area contributed by atoms with Crippen molar-refractivity contribution in [3.8, 4) is 17.3 Å². The van der Waals surface area contributed by atoms with Gasteiger partial charge in [0.15, 0.2) is 0 Å². The second-order valence-electron chi connectivity index (χ2n) is 7.33. The zero-order chi connectivity index (χ0) is 20.6. The van der Waals surface area contributed by atoms with Crippen LogP contribution in [0.1, 0.15) is 37.9 Å². The Morgan fingerprint density at radius 1 is 1.03 bits per heavy atom. The molecule has 0 spiro atoms. The molecule has 5 heteroatoms. The van der Waals surface area contributed by atoms with E-state index < -0.39 is 0 Å². The van der Waals surface area contributed by atoms with Crippen LogP contribution in [0.15, 0.2) is 60.7 Å². The van der Waals surface area contributed by atoms with Crippen molar-refractivity contribution in [1.82, 2.24) is 14.7 Å².